The van der Waals surface area contributed by atoms with Crippen molar-refractivity contribution in [3.63, 3.8) is 0 Å². The van der Waals surface area contributed by atoms with E-state index >= 15 is 0 Å². The Hall–Kier alpha value is -1.53. The van der Waals surface area contributed by atoms with Crippen molar-refractivity contribution in [3.8, 4) is 0 Å². The molecule has 1 atom stereocenters. The van der Waals surface area contributed by atoms with Gasteiger partial charge in [-0.15, -0.1) is 0 Å². The molecule has 2 aliphatic heterocycles. The molecule has 174 valence electrons. The summed E-state index contributed by atoms with van der Waals surface area (Å²) in [4.78, 5) is 12.7. The fraction of sp³-hybridized carbons (Fsp3) is 0.650. The van der Waals surface area contributed by atoms with Gasteiger partial charge in [0.05, 0.1) is 10.8 Å². The first-order valence-corrected chi connectivity index (χ1v) is 13.7. The number of sulfonamides is 1. The summed E-state index contributed by atoms with van der Waals surface area (Å²) in [6, 6.07) is 6.22. The van der Waals surface area contributed by atoms with Gasteiger partial charge in [0, 0.05) is 32.7 Å². The number of primary sulfonamides is 1. The highest BCUT2D eigenvalue weighted by atomic mass is 32.2. The molecule has 3 rings (SSSR count). The summed E-state index contributed by atoms with van der Waals surface area (Å²) in [5.41, 5.74) is 0.875. The van der Waals surface area contributed by atoms with Gasteiger partial charge < -0.3 is 5.32 Å². The minimum atomic E-state index is -3.72. The van der Waals surface area contributed by atoms with E-state index in [-0.39, 0.29) is 23.3 Å². The molecule has 1 amide bonds. The SMILES string of the molecule is CC1CCN(S(=O)(=O)N2CCCC(C(=O)NCCc3ccc(S(N)(=O)=O)cc3)C2)CC1. The molecule has 0 radical (unpaired) electrons. The molecule has 11 heteroatoms. The van der Waals surface area contributed by atoms with E-state index in [1.165, 1.54) is 16.4 Å². The molecule has 0 spiro atoms. The maximum Gasteiger partial charge on any atom is 0.281 e. The van der Waals surface area contributed by atoms with E-state index in [0.717, 1.165) is 18.4 Å². The standard InChI is InChI=1S/C20H32N4O5S2/c1-16-9-13-23(14-10-16)31(28,29)24-12-2-3-18(15-24)20(25)22-11-8-17-4-6-19(7-5-17)30(21,26)27/h4-7,16,18H,2-3,8-15H2,1H3,(H,22,25)(H2,21,26,27). The second-order valence-electron chi connectivity index (χ2n) is 8.52. The van der Waals surface area contributed by atoms with Crippen LogP contribution in [0.25, 0.3) is 0 Å². The second-order valence-corrected chi connectivity index (χ2v) is 12.0. The lowest BCUT2D eigenvalue weighted by molar-refractivity contribution is -0.126. The van der Waals surface area contributed by atoms with Crippen molar-refractivity contribution in [2.75, 3.05) is 32.7 Å². The zero-order chi connectivity index (χ0) is 22.6. The summed E-state index contributed by atoms with van der Waals surface area (Å²) in [6.07, 6.45) is 3.61. The van der Waals surface area contributed by atoms with Crippen LogP contribution in [0.2, 0.25) is 0 Å². The van der Waals surface area contributed by atoms with Gasteiger partial charge in [-0.2, -0.15) is 17.0 Å². The van der Waals surface area contributed by atoms with E-state index in [4.69, 9.17) is 5.14 Å². The van der Waals surface area contributed by atoms with E-state index in [9.17, 15) is 21.6 Å². The normalized spacial score (nSPS) is 22.3. The molecule has 2 saturated heterocycles. The smallest absolute Gasteiger partial charge is 0.281 e. The molecule has 0 bridgehead atoms. The molecule has 0 aliphatic carbocycles. The first kappa shape index (κ1) is 24.1. The van der Waals surface area contributed by atoms with Crippen LogP contribution in [-0.2, 0) is 31.4 Å². The van der Waals surface area contributed by atoms with E-state index in [1.54, 1.807) is 16.4 Å². The van der Waals surface area contributed by atoms with Crippen LogP contribution >= 0.6 is 0 Å². The zero-order valence-electron chi connectivity index (χ0n) is 17.9. The molecule has 1 aromatic carbocycles. The van der Waals surface area contributed by atoms with E-state index in [0.29, 0.717) is 51.4 Å². The molecule has 2 heterocycles. The Balaban J connectivity index is 1.50. The molecule has 9 nitrogen and oxygen atoms in total. The molecule has 0 saturated carbocycles. The largest absolute Gasteiger partial charge is 0.355 e. The van der Waals surface area contributed by atoms with Crippen LogP contribution in [0.4, 0.5) is 0 Å². The number of piperidine rings is 2. The number of rotatable bonds is 7. The third-order valence-electron chi connectivity index (χ3n) is 6.11. The Morgan fingerprint density at radius 1 is 1.03 bits per heavy atom. The van der Waals surface area contributed by atoms with Gasteiger partial charge in [-0.05, 0) is 55.7 Å². The van der Waals surface area contributed by atoms with Crippen LogP contribution in [0.15, 0.2) is 29.2 Å². The number of benzene rings is 1. The van der Waals surface area contributed by atoms with Crippen molar-refractivity contribution < 1.29 is 21.6 Å². The predicted molar refractivity (Wildman–Crippen MR) is 118 cm³/mol. The minimum Gasteiger partial charge on any atom is -0.355 e. The van der Waals surface area contributed by atoms with Crippen molar-refractivity contribution >= 4 is 26.1 Å². The summed E-state index contributed by atoms with van der Waals surface area (Å²) < 4.78 is 51.6. The Morgan fingerprint density at radius 3 is 2.29 bits per heavy atom. The number of nitrogens with two attached hydrogens (primary N) is 1. The Bertz CT molecular complexity index is 971. The van der Waals surface area contributed by atoms with Crippen molar-refractivity contribution in [3.05, 3.63) is 29.8 Å². The van der Waals surface area contributed by atoms with Crippen molar-refractivity contribution in [2.45, 2.75) is 43.9 Å². The van der Waals surface area contributed by atoms with Crippen LogP contribution in [0, 0.1) is 11.8 Å². The molecular formula is C20H32N4O5S2. The predicted octanol–water partition coefficient (Wildman–Crippen LogP) is 0.681. The fourth-order valence-electron chi connectivity index (χ4n) is 4.07. The summed E-state index contributed by atoms with van der Waals surface area (Å²) >= 11 is 0. The molecule has 1 aromatic rings. The number of carbonyl (C=O) groups is 1. The van der Waals surface area contributed by atoms with Gasteiger partial charge in [-0.3, -0.25) is 4.79 Å². The van der Waals surface area contributed by atoms with Gasteiger partial charge in [0.2, 0.25) is 15.9 Å². The van der Waals surface area contributed by atoms with Gasteiger partial charge in [-0.25, -0.2) is 13.6 Å². The lowest BCUT2D eigenvalue weighted by atomic mass is 9.99. The lowest BCUT2D eigenvalue weighted by Gasteiger charge is -2.37. The van der Waals surface area contributed by atoms with Crippen LogP contribution in [0.1, 0.15) is 38.2 Å². The minimum absolute atomic E-state index is 0.0481. The topological polar surface area (TPSA) is 130 Å². The van der Waals surface area contributed by atoms with Gasteiger partial charge in [0.15, 0.2) is 0 Å². The van der Waals surface area contributed by atoms with E-state index in [1.807, 2.05) is 0 Å². The van der Waals surface area contributed by atoms with Gasteiger partial charge in [0.25, 0.3) is 10.2 Å². The van der Waals surface area contributed by atoms with Crippen molar-refractivity contribution in [1.29, 1.82) is 0 Å². The van der Waals surface area contributed by atoms with E-state index in [2.05, 4.69) is 12.2 Å². The fourth-order valence-corrected chi connectivity index (χ4v) is 6.31. The highest BCUT2D eigenvalue weighted by Crippen LogP contribution is 2.25. The van der Waals surface area contributed by atoms with E-state index < -0.39 is 20.2 Å². The number of hydrogen-bond acceptors (Lipinski definition) is 5. The molecule has 0 aromatic heterocycles. The Labute approximate surface area is 185 Å². The van der Waals surface area contributed by atoms with Gasteiger partial charge in [0.1, 0.15) is 0 Å². The first-order chi connectivity index (χ1) is 14.6. The number of hydrogen-bond donors (Lipinski definition) is 2. The lowest BCUT2D eigenvalue weighted by Crippen LogP contribution is -2.52. The second kappa shape index (κ2) is 9.95. The average Bonchev–Trinajstić information content (AvgIpc) is 2.74. The zero-order valence-corrected chi connectivity index (χ0v) is 19.5. The van der Waals surface area contributed by atoms with Crippen LogP contribution in [0.5, 0.6) is 0 Å². The van der Waals surface area contributed by atoms with Crippen LogP contribution in [0.3, 0.4) is 0 Å². The van der Waals surface area contributed by atoms with Crippen LogP contribution in [-0.4, -0.2) is 64.1 Å². The Morgan fingerprint density at radius 2 is 1.68 bits per heavy atom. The number of carbonyl (C=O) groups excluding carboxylic acids is 1. The highest BCUT2D eigenvalue weighted by molar-refractivity contribution is 7.89. The van der Waals surface area contributed by atoms with Crippen molar-refractivity contribution in [2.24, 2.45) is 17.0 Å². The van der Waals surface area contributed by atoms with Crippen LogP contribution < -0.4 is 10.5 Å². The molecular weight excluding hydrogens is 440 g/mol. The number of nitrogens with one attached hydrogen (secondary N) is 1. The summed E-state index contributed by atoms with van der Waals surface area (Å²) in [6.45, 7) is 4.28. The maximum absolute atomic E-state index is 13.0. The first-order valence-electron chi connectivity index (χ1n) is 10.7. The molecule has 31 heavy (non-hydrogen) atoms. The third-order valence-corrected chi connectivity index (χ3v) is 9.05. The summed E-state index contributed by atoms with van der Waals surface area (Å²) in [5, 5.41) is 7.98. The van der Waals surface area contributed by atoms with Gasteiger partial charge in [-0.1, -0.05) is 19.1 Å². The number of nitrogens with zero attached hydrogens (tertiary/aromatic N) is 2. The summed E-state index contributed by atoms with van der Waals surface area (Å²) in [5.74, 6) is 0.0348. The van der Waals surface area contributed by atoms with Gasteiger partial charge >= 0.3 is 0 Å². The summed E-state index contributed by atoms with van der Waals surface area (Å²) in [7, 11) is -7.25. The average molecular weight is 473 g/mol. The highest BCUT2D eigenvalue weighted by Gasteiger charge is 2.36. The van der Waals surface area contributed by atoms with Crippen molar-refractivity contribution in [1.82, 2.24) is 13.9 Å². The molecule has 2 aliphatic rings. The molecule has 2 fully saturated rings. The third kappa shape index (κ3) is 6.26. The molecule has 3 N–H and O–H groups in total. The quantitative estimate of drug-likeness (QED) is 0.603. The number of amides is 1. The molecule has 1 unspecified atom stereocenters. The monoisotopic (exact) mass is 472 g/mol. The maximum atomic E-state index is 13.0. The Kier molecular flexibility index (Phi) is 7.74.